The fraction of sp³-hybridized carbons (Fsp3) is 0.0278. The zero-order chi connectivity index (χ0) is 28.5. The summed E-state index contributed by atoms with van der Waals surface area (Å²) >= 11 is 0. The fourth-order valence-electron chi connectivity index (χ4n) is 5.11. The van der Waals surface area contributed by atoms with Crippen molar-refractivity contribution >= 4 is 33.0 Å². The summed E-state index contributed by atoms with van der Waals surface area (Å²) in [6.07, 6.45) is 3.56. The number of fused-ring (bicyclic) bond motifs is 4. The fourth-order valence-corrected chi connectivity index (χ4v) is 5.11. The topological polar surface area (TPSA) is 56.7 Å². The van der Waals surface area contributed by atoms with Crippen LogP contribution in [0.15, 0.2) is 126 Å². The van der Waals surface area contributed by atoms with Crippen LogP contribution in [0.1, 0.15) is 5.69 Å². The third kappa shape index (κ3) is 5.25. The maximum Gasteiger partial charge on any atom is 0.121 e. The summed E-state index contributed by atoms with van der Waals surface area (Å²) in [4.78, 5) is 13.5. The van der Waals surface area contributed by atoms with Crippen LogP contribution in [0.3, 0.4) is 0 Å². The molecular weight excluding hydrogens is 716 g/mol. The number of aryl methyl sites for hydroxylation is 1. The second-order valence-corrected chi connectivity index (χ2v) is 9.68. The van der Waals surface area contributed by atoms with E-state index in [1.807, 2.05) is 115 Å². The van der Waals surface area contributed by atoms with Crippen molar-refractivity contribution in [3.63, 3.8) is 0 Å². The van der Waals surface area contributed by atoms with E-state index in [0.29, 0.717) is 27.9 Å². The molecule has 0 unspecified atom stereocenters. The number of hydrogen-bond donors (Lipinski definition) is 0. The van der Waals surface area contributed by atoms with E-state index in [0.717, 1.165) is 39.1 Å². The zero-order valence-electron chi connectivity index (χ0n) is 23.0. The number of benzene rings is 4. The van der Waals surface area contributed by atoms with E-state index in [2.05, 4.69) is 22.1 Å². The van der Waals surface area contributed by atoms with Crippen molar-refractivity contribution in [2.45, 2.75) is 6.92 Å². The standard InChI is InChI=1S/C25H15FN3O.C11H8N.Ir/c1-15-23-20(13-14-27-15)29(16-7-3-2-4-8-16)25(28-23)18-11-12-19(26)22-17-9-5-6-10-21(17)30-24(18)22;1-2-6-10(7-3-1)11-8-4-5-9-12-11;/h2-10,12-14H,1H3;1-6,8-9H;/q2*-1;. The van der Waals surface area contributed by atoms with Crippen LogP contribution in [0.2, 0.25) is 0 Å². The Hall–Kier alpha value is -4.97. The Balaban J connectivity index is 0.000000213. The molecule has 0 N–H and O–H groups in total. The predicted molar refractivity (Wildman–Crippen MR) is 164 cm³/mol. The summed E-state index contributed by atoms with van der Waals surface area (Å²) in [7, 11) is 0. The Bertz CT molecular complexity index is 2120. The second kappa shape index (κ2) is 12.1. The van der Waals surface area contributed by atoms with E-state index in [1.165, 1.54) is 6.07 Å². The molecule has 0 saturated heterocycles. The van der Waals surface area contributed by atoms with E-state index < -0.39 is 0 Å². The molecule has 1 radical (unpaired) electrons. The molecule has 43 heavy (non-hydrogen) atoms. The Kier molecular flexibility index (Phi) is 7.92. The van der Waals surface area contributed by atoms with Crippen molar-refractivity contribution in [1.82, 2.24) is 19.5 Å². The number of rotatable bonds is 3. The van der Waals surface area contributed by atoms with Crippen LogP contribution in [0.25, 0.3) is 61.3 Å². The number of pyridine rings is 2. The molecule has 0 spiro atoms. The van der Waals surface area contributed by atoms with Gasteiger partial charge in [-0.05, 0) is 48.3 Å². The molecule has 0 fully saturated rings. The van der Waals surface area contributed by atoms with Crippen molar-refractivity contribution in [2.24, 2.45) is 0 Å². The van der Waals surface area contributed by atoms with Crippen molar-refractivity contribution < 1.29 is 28.9 Å². The van der Waals surface area contributed by atoms with Crippen molar-refractivity contribution in [2.75, 3.05) is 0 Å². The minimum atomic E-state index is -0.362. The monoisotopic (exact) mass is 739 g/mol. The van der Waals surface area contributed by atoms with Crippen LogP contribution >= 0.6 is 0 Å². The van der Waals surface area contributed by atoms with Gasteiger partial charge in [0.15, 0.2) is 0 Å². The van der Waals surface area contributed by atoms with Gasteiger partial charge in [0.25, 0.3) is 0 Å². The van der Waals surface area contributed by atoms with E-state index in [4.69, 9.17) is 9.40 Å². The van der Waals surface area contributed by atoms with Gasteiger partial charge in [-0.1, -0.05) is 54.1 Å². The summed E-state index contributed by atoms with van der Waals surface area (Å²) in [5, 5.41) is 1.18. The molecule has 0 amide bonds. The normalized spacial score (nSPS) is 10.8. The van der Waals surface area contributed by atoms with Gasteiger partial charge >= 0.3 is 0 Å². The number of halogens is 1. The minimum absolute atomic E-state index is 0. The first-order valence-electron chi connectivity index (χ1n) is 13.5. The quantitative estimate of drug-likeness (QED) is 0.170. The van der Waals surface area contributed by atoms with Crippen LogP contribution < -0.4 is 0 Å². The van der Waals surface area contributed by atoms with E-state index in [1.54, 1.807) is 12.4 Å². The molecule has 4 aromatic carbocycles. The smallest absolute Gasteiger partial charge is 0.121 e. The van der Waals surface area contributed by atoms with Gasteiger partial charge in [-0.2, -0.15) is 0 Å². The number of imidazole rings is 1. The molecule has 8 aromatic rings. The van der Waals surface area contributed by atoms with Gasteiger partial charge in [-0.15, -0.1) is 48.0 Å². The third-order valence-corrected chi connectivity index (χ3v) is 7.05. The molecule has 0 aliphatic carbocycles. The van der Waals surface area contributed by atoms with Gasteiger partial charge < -0.3 is 14.0 Å². The average Bonchev–Trinajstić information content (AvgIpc) is 3.64. The van der Waals surface area contributed by atoms with Gasteiger partial charge in [-0.25, -0.2) is 0 Å². The number of para-hydroxylation sites is 2. The molecule has 4 heterocycles. The van der Waals surface area contributed by atoms with Crippen molar-refractivity contribution in [1.29, 1.82) is 0 Å². The number of aromatic nitrogens is 4. The summed E-state index contributed by atoms with van der Waals surface area (Å²) in [6.45, 7) is 1.93. The number of hydrogen-bond acceptors (Lipinski definition) is 4. The Labute approximate surface area is 261 Å². The van der Waals surface area contributed by atoms with E-state index in [9.17, 15) is 4.39 Å². The van der Waals surface area contributed by atoms with Crippen molar-refractivity contribution in [3.8, 4) is 28.3 Å². The Morgan fingerprint density at radius 1 is 0.791 bits per heavy atom. The molecular formula is C36H23FIrN4O-2. The molecule has 0 bridgehead atoms. The summed E-state index contributed by atoms with van der Waals surface area (Å²) in [5.41, 5.74) is 7.18. The largest absolute Gasteiger partial charge is 0.500 e. The van der Waals surface area contributed by atoms with Crippen LogP contribution in [-0.4, -0.2) is 19.5 Å². The molecule has 5 nitrogen and oxygen atoms in total. The summed E-state index contributed by atoms with van der Waals surface area (Å²) < 4.78 is 22.9. The van der Waals surface area contributed by atoms with Gasteiger partial charge in [-0.3, -0.25) is 14.4 Å². The van der Waals surface area contributed by atoms with Gasteiger partial charge in [0.05, 0.1) is 28.1 Å². The number of nitrogens with zero attached hydrogens (tertiary/aromatic N) is 4. The van der Waals surface area contributed by atoms with Crippen LogP contribution in [-0.2, 0) is 20.1 Å². The van der Waals surface area contributed by atoms with Crippen LogP contribution in [0.5, 0.6) is 0 Å². The van der Waals surface area contributed by atoms with Gasteiger partial charge in [0.2, 0.25) is 0 Å². The van der Waals surface area contributed by atoms with Gasteiger partial charge in [0, 0.05) is 49.4 Å². The van der Waals surface area contributed by atoms with E-state index >= 15 is 0 Å². The molecule has 4 aromatic heterocycles. The van der Waals surface area contributed by atoms with E-state index in [-0.39, 0.29) is 25.9 Å². The first-order chi connectivity index (χ1) is 20.7. The molecule has 0 aliphatic rings. The first-order valence-corrected chi connectivity index (χ1v) is 13.5. The zero-order valence-corrected chi connectivity index (χ0v) is 25.4. The molecule has 8 rings (SSSR count). The molecule has 0 saturated carbocycles. The maximum atomic E-state index is 14.8. The average molecular weight is 739 g/mol. The van der Waals surface area contributed by atoms with Crippen LogP contribution in [0, 0.1) is 24.9 Å². The Morgan fingerprint density at radius 2 is 1.58 bits per heavy atom. The number of furan rings is 1. The van der Waals surface area contributed by atoms with Crippen molar-refractivity contribution in [3.05, 3.63) is 145 Å². The molecule has 0 aliphatic heterocycles. The second-order valence-electron chi connectivity index (χ2n) is 9.68. The summed E-state index contributed by atoms with van der Waals surface area (Å²) in [5.74, 6) is 0.273. The maximum absolute atomic E-state index is 14.8. The van der Waals surface area contributed by atoms with Crippen LogP contribution in [0.4, 0.5) is 4.39 Å². The molecule has 211 valence electrons. The predicted octanol–water partition coefficient (Wildman–Crippen LogP) is 8.78. The molecule has 7 heteroatoms. The molecule has 0 atom stereocenters. The third-order valence-electron chi connectivity index (χ3n) is 7.05. The Morgan fingerprint density at radius 3 is 2.37 bits per heavy atom. The minimum Gasteiger partial charge on any atom is -0.500 e. The SMILES string of the molecule is Cc1nccc2c1nc(-c1[c-]cc(F)c3c1oc1ccccc13)n2-c1ccccc1.[Ir].[c-]1ccccc1-c1ccccn1. The summed E-state index contributed by atoms with van der Waals surface area (Å²) in [6, 6.07) is 40.6. The first kappa shape index (κ1) is 28.2. The van der Waals surface area contributed by atoms with Gasteiger partial charge in [0.1, 0.15) is 5.58 Å².